The topological polar surface area (TPSA) is 55.8 Å². The second-order valence-corrected chi connectivity index (χ2v) is 12.0. The first-order valence-electron chi connectivity index (χ1n) is 16.4. The minimum Gasteiger partial charge on any atom is -0.423 e. The second-order valence-electron chi connectivity index (χ2n) is 12.0. The van der Waals surface area contributed by atoms with Crippen molar-refractivity contribution in [2.45, 2.75) is 5.41 Å². The minimum absolute atomic E-state index is 0.416. The van der Waals surface area contributed by atoms with Crippen molar-refractivity contribution < 1.29 is 19.1 Å². The van der Waals surface area contributed by atoms with Crippen molar-refractivity contribution in [3.05, 3.63) is 221 Å². The van der Waals surface area contributed by atoms with Gasteiger partial charge in [-0.05, 0) is 95.1 Å². The van der Waals surface area contributed by atoms with E-state index in [-0.39, 0.29) is 0 Å². The Morgan fingerprint density at radius 3 is 1.18 bits per heavy atom. The molecule has 0 aliphatic carbocycles. The molecule has 0 N–H and O–H groups in total. The van der Waals surface area contributed by atoms with E-state index in [1.165, 1.54) is 0 Å². The number of esters is 2. The molecule has 0 unspecified atom stereocenters. The van der Waals surface area contributed by atoms with Gasteiger partial charge in [0.15, 0.2) is 0 Å². The van der Waals surface area contributed by atoms with Crippen molar-refractivity contribution in [2.75, 3.05) is 4.90 Å². The normalized spacial score (nSPS) is 12.7. The third kappa shape index (κ3) is 5.41. The predicted octanol–water partition coefficient (Wildman–Crippen LogP) is 10.3. The van der Waals surface area contributed by atoms with E-state index in [4.69, 9.17) is 9.47 Å². The van der Waals surface area contributed by atoms with Gasteiger partial charge < -0.3 is 14.4 Å². The molecule has 0 aromatic heterocycles. The van der Waals surface area contributed by atoms with E-state index < -0.39 is 17.4 Å². The predicted molar refractivity (Wildman–Crippen MR) is 196 cm³/mol. The van der Waals surface area contributed by atoms with Crippen LogP contribution in [0.2, 0.25) is 0 Å². The van der Waals surface area contributed by atoms with Crippen molar-refractivity contribution in [3.8, 4) is 11.5 Å². The Morgan fingerprint density at radius 1 is 0.400 bits per heavy atom. The van der Waals surface area contributed by atoms with Gasteiger partial charge in [-0.1, -0.05) is 115 Å². The highest BCUT2D eigenvalue weighted by atomic mass is 16.5. The molecule has 0 atom stereocenters. The van der Waals surface area contributed by atoms with Crippen LogP contribution in [0, 0.1) is 0 Å². The summed E-state index contributed by atoms with van der Waals surface area (Å²) in [6.45, 7) is 0. The fourth-order valence-electron chi connectivity index (χ4n) is 6.92. The molecule has 5 nitrogen and oxygen atoms in total. The summed E-state index contributed by atoms with van der Waals surface area (Å²) in [5.41, 5.74) is 7.42. The van der Waals surface area contributed by atoms with E-state index in [9.17, 15) is 9.59 Å². The molecule has 5 heteroatoms. The van der Waals surface area contributed by atoms with Gasteiger partial charge in [0.2, 0.25) is 0 Å². The Morgan fingerprint density at radius 2 is 0.760 bits per heavy atom. The molecule has 0 amide bonds. The van der Waals surface area contributed by atoms with Crippen molar-refractivity contribution in [2.24, 2.45) is 0 Å². The van der Waals surface area contributed by atoms with Crippen molar-refractivity contribution in [3.63, 3.8) is 0 Å². The molecule has 0 bridgehead atoms. The highest BCUT2D eigenvalue weighted by Gasteiger charge is 2.46. The fourth-order valence-corrected chi connectivity index (χ4v) is 6.92. The molecular formula is C45H31NO4. The molecule has 7 aromatic carbocycles. The van der Waals surface area contributed by atoms with Crippen molar-refractivity contribution >= 4 is 29.0 Å². The van der Waals surface area contributed by atoms with Gasteiger partial charge >= 0.3 is 11.9 Å². The molecule has 240 valence electrons. The molecule has 0 saturated carbocycles. The van der Waals surface area contributed by atoms with E-state index >= 15 is 0 Å². The molecule has 8 rings (SSSR count). The average Bonchev–Trinajstić information content (AvgIpc) is 3.19. The quantitative estimate of drug-likeness (QED) is 0.127. The lowest BCUT2D eigenvalue weighted by Gasteiger charge is -2.46. The van der Waals surface area contributed by atoms with Crippen LogP contribution in [0.3, 0.4) is 0 Å². The molecule has 0 spiro atoms. The lowest BCUT2D eigenvalue weighted by atomic mass is 9.62. The van der Waals surface area contributed by atoms with Crippen LogP contribution < -0.4 is 14.4 Å². The zero-order valence-electron chi connectivity index (χ0n) is 27.0. The van der Waals surface area contributed by atoms with Crippen LogP contribution in [0.4, 0.5) is 17.1 Å². The molecule has 1 aliphatic rings. The maximum Gasteiger partial charge on any atom is 0.343 e. The number of hydrogen-bond acceptors (Lipinski definition) is 5. The van der Waals surface area contributed by atoms with Crippen LogP contribution in [0.1, 0.15) is 43.0 Å². The summed E-state index contributed by atoms with van der Waals surface area (Å²) in [5, 5.41) is 0. The van der Waals surface area contributed by atoms with Crippen LogP contribution >= 0.6 is 0 Å². The van der Waals surface area contributed by atoms with Crippen molar-refractivity contribution in [1.82, 2.24) is 0 Å². The van der Waals surface area contributed by atoms with Gasteiger partial charge in [0.25, 0.3) is 0 Å². The maximum atomic E-state index is 12.9. The lowest BCUT2D eigenvalue weighted by Crippen LogP contribution is -2.37. The molecule has 0 saturated heterocycles. The number of fused-ring (bicyclic) bond motifs is 2. The number of ether oxygens (including phenoxy) is 2. The van der Waals surface area contributed by atoms with Gasteiger partial charge in [-0.2, -0.15) is 0 Å². The Labute approximate surface area is 290 Å². The van der Waals surface area contributed by atoms with Gasteiger partial charge in [-0.3, -0.25) is 0 Å². The summed E-state index contributed by atoms with van der Waals surface area (Å²) in [6.07, 6.45) is 0. The van der Waals surface area contributed by atoms with Gasteiger partial charge in [0.05, 0.1) is 27.9 Å². The molecule has 0 radical (unpaired) electrons. The SMILES string of the molecule is O=C(Oc1ccc(C2(c3ccc(OC(=O)c4ccccc4)cc3)c3ccccc3N(c3ccccc3)c3ccccc32)cc1)c1ccccc1. The van der Waals surface area contributed by atoms with Gasteiger partial charge in [-0.15, -0.1) is 0 Å². The van der Waals surface area contributed by atoms with E-state index in [0.29, 0.717) is 22.6 Å². The zero-order chi connectivity index (χ0) is 33.9. The standard InChI is InChI=1S/C45H31NO4/c47-43(32-14-4-1-5-15-32)49-37-28-24-34(25-29-37)45(35-26-30-38(31-27-35)50-44(48)33-16-6-2-7-17-33)39-20-10-12-22-41(39)46(36-18-8-3-9-19-36)42-23-13-11-21-40(42)45/h1-31H. The number of anilines is 3. The van der Waals surface area contributed by atoms with E-state index in [1.807, 2.05) is 103 Å². The third-order valence-electron chi connectivity index (χ3n) is 9.13. The average molecular weight is 650 g/mol. The summed E-state index contributed by atoms with van der Waals surface area (Å²) in [5.74, 6) is 0.0644. The number of nitrogens with zero attached hydrogens (tertiary/aromatic N) is 1. The first kappa shape index (κ1) is 30.6. The summed E-state index contributed by atoms with van der Waals surface area (Å²) in [6, 6.07) is 60.7. The van der Waals surface area contributed by atoms with Crippen LogP contribution in [0.5, 0.6) is 11.5 Å². The minimum atomic E-state index is -0.789. The summed E-state index contributed by atoms with van der Waals surface area (Å²) < 4.78 is 11.6. The maximum absolute atomic E-state index is 12.9. The molecule has 1 heterocycles. The number of para-hydroxylation sites is 3. The Hall–Kier alpha value is -6.72. The van der Waals surface area contributed by atoms with Crippen LogP contribution in [-0.2, 0) is 5.41 Å². The van der Waals surface area contributed by atoms with Gasteiger partial charge in [0, 0.05) is 5.69 Å². The molecular weight excluding hydrogens is 618 g/mol. The second kappa shape index (κ2) is 13.1. The van der Waals surface area contributed by atoms with E-state index in [0.717, 1.165) is 39.3 Å². The van der Waals surface area contributed by atoms with E-state index in [2.05, 4.69) is 65.6 Å². The smallest absolute Gasteiger partial charge is 0.343 e. The molecule has 7 aromatic rings. The van der Waals surface area contributed by atoms with Gasteiger partial charge in [-0.25, -0.2) is 9.59 Å². The lowest BCUT2D eigenvalue weighted by molar-refractivity contribution is 0.0725. The van der Waals surface area contributed by atoms with Crippen LogP contribution in [0.15, 0.2) is 188 Å². The van der Waals surface area contributed by atoms with Crippen LogP contribution in [-0.4, -0.2) is 11.9 Å². The molecule has 0 fully saturated rings. The first-order chi connectivity index (χ1) is 24.6. The number of rotatable bonds is 7. The van der Waals surface area contributed by atoms with Crippen molar-refractivity contribution in [1.29, 1.82) is 0 Å². The summed E-state index contributed by atoms with van der Waals surface area (Å²) in [4.78, 5) is 28.1. The van der Waals surface area contributed by atoms with E-state index in [1.54, 1.807) is 24.3 Å². The van der Waals surface area contributed by atoms with Crippen LogP contribution in [0.25, 0.3) is 0 Å². The Kier molecular flexibility index (Phi) is 7.99. The fraction of sp³-hybridized carbons (Fsp3) is 0.0222. The molecule has 1 aliphatic heterocycles. The zero-order valence-corrected chi connectivity index (χ0v) is 27.0. The summed E-state index contributed by atoms with van der Waals surface area (Å²) >= 11 is 0. The largest absolute Gasteiger partial charge is 0.423 e. The third-order valence-corrected chi connectivity index (χ3v) is 9.13. The summed E-state index contributed by atoms with van der Waals surface area (Å²) in [7, 11) is 0. The highest BCUT2D eigenvalue weighted by Crippen LogP contribution is 2.57. The monoisotopic (exact) mass is 649 g/mol. The number of hydrogen-bond donors (Lipinski definition) is 0. The first-order valence-corrected chi connectivity index (χ1v) is 16.4. The number of carbonyl (C=O) groups excluding carboxylic acids is 2. The van der Waals surface area contributed by atoms with Gasteiger partial charge in [0.1, 0.15) is 11.5 Å². The Balaban J connectivity index is 1.28. The number of benzene rings is 7. The molecule has 50 heavy (non-hydrogen) atoms. The highest BCUT2D eigenvalue weighted by molar-refractivity contribution is 5.92. The Bertz CT molecular complexity index is 2140. The number of carbonyl (C=O) groups is 2.